The van der Waals surface area contributed by atoms with Crippen molar-refractivity contribution in [1.29, 1.82) is 0 Å². The highest BCUT2D eigenvalue weighted by molar-refractivity contribution is 7.89. The number of benzene rings is 1. The summed E-state index contributed by atoms with van der Waals surface area (Å²) in [6, 6.07) is 8.38. The molecule has 0 saturated carbocycles. The number of hydrogen-bond donors (Lipinski definition) is 3. The van der Waals surface area contributed by atoms with E-state index >= 15 is 0 Å². The van der Waals surface area contributed by atoms with Crippen molar-refractivity contribution in [3.05, 3.63) is 42.2 Å². The number of sulfonamides is 1. The lowest BCUT2D eigenvalue weighted by atomic mass is 10.1. The van der Waals surface area contributed by atoms with Gasteiger partial charge in [-0.15, -0.1) is 0 Å². The molecular formula is C16H23N5O3S. The average molecular weight is 365 g/mol. The van der Waals surface area contributed by atoms with Crippen LogP contribution in [0.3, 0.4) is 0 Å². The summed E-state index contributed by atoms with van der Waals surface area (Å²) < 4.78 is 27.4. The van der Waals surface area contributed by atoms with Gasteiger partial charge in [-0.3, -0.25) is 0 Å². The third kappa shape index (κ3) is 6.65. The Kier molecular flexibility index (Phi) is 7.11. The van der Waals surface area contributed by atoms with E-state index in [9.17, 15) is 8.42 Å². The lowest BCUT2D eigenvalue weighted by Gasteiger charge is -2.09. The first-order chi connectivity index (χ1) is 12.0. The Labute approximate surface area is 147 Å². The summed E-state index contributed by atoms with van der Waals surface area (Å²) in [6.45, 7) is 2.14. The number of methoxy groups -OCH3 is 1. The molecule has 0 radical (unpaired) electrons. The van der Waals surface area contributed by atoms with Gasteiger partial charge in [0.1, 0.15) is 18.0 Å². The van der Waals surface area contributed by atoms with Crippen molar-refractivity contribution in [1.82, 2.24) is 9.97 Å². The minimum Gasteiger partial charge on any atom is -0.385 e. The average Bonchev–Trinajstić information content (AvgIpc) is 2.59. The van der Waals surface area contributed by atoms with Gasteiger partial charge in [-0.2, -0.15) is 0 Å². The van der Waals surface area contributed by atoms with Gasteiger partial charge in [0.25, 0.3) is 0 Å². The van der Waals surface area contributed by atoms with Crippen molar-refractivity contribution >= 4 is 21.7 Å². The van der Waals surface area contributed by atoms with Crippen LogP contribution in [0.25, 0.3) is 0 Å². The molecule has 4 N–H and O–H groups in total. The van der Waals surface area contributed by atoms with E-state index in [4.69, 9.17) is 9.88 Å². The SMILES string of the molecule is COCCCNc1cc(NCCc2ccc(S(N)(=O)=O)cc2)ncn1. The number of primary sulfonamides is 1. The first-order valence-corrected chi connectivity index (χ1v) is 9.44. The van der Waals surface area contributed by atoms with Gasteiger partial charge in [-0.05, 0) is 30.5 Å². The summed E-state index contributed by atoms with van der Waals surface area (Å²) in [5, 5.41) is 11.5. The lowest BCUT2D eigenvalue weighted by Crippen LogP contribution is -2.12. The van der Waals surface area contributed by atoms with E-state index in [1.54, 1.807) is 19.2 Å². The van der Waals surface area contributed by atoms with E-state index < -0.39 is 10.0 Å². The number of ether oxygens (including phenoxy) is 1. The normalized spacial score (nSPS) is 11.3. The number of nitrogens with one attached hydrogen (secondary N) is 2. The second kappa shape index (κ2) is 9.30. The van der Waals surface area contributed by atoms with Crippen LogP contribution in [0, 0.1) is 0 Å². The summed E-state index contributed by atoms with van der Waals surface area (Å²) in [7, 11) is -1.97. The quantitative estimate of drug-likeness (QED) is 0.542. The number of anilines is 2. The molecular weight excluding hydrogens is 342 g/mol. The van der Waals surface area contributed by atoms with Gasteiger partial charge in [0.15, 0.2) is 0 Å². The second-order valence-electron chi connectivity index (χ2n) is 5.43. The van der Waals surface area contributed by atoms with Gasteiger partial charge in [-0.25, -0.2) is 23.5 Å². The minimum atomic E-state index is -3.65. The zero-order chi connectivity index (χ0) is 18.1. The van der Waals surface area contributed by atoms with Crippen LogP contribution in [0.2, 0.25) is 0 Å². The highest BCUT2D eigenvalue weighted by Crippen LogP contribution is 2.11. The van der Waals surface area contributed by atoms with Crippen LogP contribution >= 0.6 is 0 Å². The molecule has 0 aliphatic heterocycles. The fourth-order valence-corrected chi connectivity index (χ4v) is 2.68. The van der Waals surface area contributed by atoms with Gasteiger partial charge in [0.05, 0.1) is 4.90 Å². The molecule has 9 heteroatoms. The first-order valence-electron chi connectivity index (χ1n) is 7.89. The van der Waals surface area contributed by atoms with E-state index in [2.05, 4.69) is 20.6 Å². The molecule has 2 rings (SSSR count). The summed E-state index contributed by atoms with van der Waals surface area (Å²) in [6.07, 6.45) is 3.13. The number of nitrogens with zero attached hydrogens (tertiary/aromatic N) is 2. The van der Waals surface area contributed by atoms with Gasteiger partial charge in [0.2, 0.25) is 10.0 Å². The Balaban J connectivity index is 1.81. The number of aromatic nitrogens is 2. The lowest BCUT2D eigenvalue weighted by molar-refractivity contribution is 0.198. The molecule has 1 heterocycles. The molecule has 0 fully saturated rings. The summed E-state index contributed by atoms with van der Waals surface area (Å²) in [4.78, 5) is 8.46. The molecule has 0 aliphatic rings. The monoisotopic (exact) mass is 365 g/mol. The standard InChI is InChI=1S/C16H23N5O3S/c1-24-10-2-8-18-15-11-16(21-12-20-15)19-9-7-13-3-5-14(6-4-13)25(17,22)23/h3-6,11-12H,2,7-10H2,1H3,(H2,17,22,23)(H2,18,19,20,21). The molecule has 2 aromatic rings. The van der Waals surface area contributed by atoms with Crippen LogP contribution < -0.4 is 15.8 Å². The van der Waals surface area contributed by atoms with Crippen LogP contribution in [0.1, 0.15) is 12.0 Å². The first kappa shape index (κ1) is 19.1. The Morgan fingerprint density at radius 1 is 1.08 bits per heavy atom. The van der Waals surface area contributed by atoms with Crippen molar-refractivity contribution < 1.29 is 13.2 Å². The Morgan fingerprint density at radius 2 is 1.72 bits per heavy atom. The summed E-state index contributed by atoms with van der Waals surface area (Å²) >= 11 is 0. The van der Waals surface area contributed by atoms with Crippen LogP contribution in [0.15, 0.2) is 41.6 Å². The maximum atomic E-state index is 11.2. The Bertz CT molecular complexity index is 766. The van der Waals surface area contributed by atoms with Crippen LogP contribution in [0.5, 0.6) is 0 Å². The van der Waals surface area contributed by atoms with Gasteiger partial charge in [-0.1, -0.05) is 12.1 Å². The fraction of sp³-hybridized carbons (Fsp3) is 0.375. The molecule has 0 unspecified atom stereocenters. The Hall–Kier alpha value is -2.23. The van der Waals surface area contributed by atoms with Crippen LogP contribution in [-0.4, -0.2) is 45.2 Å². The molecule has 0 spiro atoms. The van der Waals surface area contributed by atoms with Crippen molar-refractivity contribution in [2.45, 2.75) is 17.7 Å². The third-order valence-electron chi connectivity index (χ3n) is 3.47. The predicted molar refractivity (Wildman–Crippen MR) is 97.0 cm³/mol. The number of hydrogen-bond acceptors (Lipinski definition) is 7. The number of nitrogens with two attached hydrogens (primary N) is 1. The smallest absolute Gasteiger partial charge is 0.238 e. The molecule has 0 saturated heterocycles. The van der Waals surface area contributed by atoms with Crippen molar-refractivity contribution in [3.8, 4) is 0 Å². The second-order valence-corrected chi connectivity index (χ2v) is 6.99. The van der Waals surface area contributed by atoms with E-state index in [1.165, 1.54) is 18.5 Å². The zero-order valence-corrected chi connectivity index (χ0v) is 14.9. The molecule has 0 aliphatic carbocycles. The van der Waals surface area contributed by atoms with Gasteiger partial charge >= 0.3 is 0 Å². The number of rotatable bonds is 10. The molecule has 25 heavy (non-hydrogen) atoms. The zero-order valence-electron chi connectivity index (χ0n) is 14.1. The van der Waals surface area contributed by atoms with Crippen molar-refractivity contribution in [2.24, 2.45) is 5.14 Å². The maximum Gasteiger partial charge on any atom is 0.238 e. The molecule has 0 atom stereocenters. The largest absolute Gasteiger partial charge is 0.385 e. The molecule has 0 bridgehead atoms. The molecule has 1 aromatic carbocycles. The third-order valence-corrected chi connectivity index (χ3v) is 4.40. The molecule has 136 valence electrons. The molecule has 0 amide bonds. The van der Waals surface area contributed by atoms with Crippen molar-refractivity contribution in [2.75, 3.05) is 37.4 Å². The summed E-state index contributed by atoms with van der Waals surface area (Å²) in [5.41, 5.74) is 1.01. The molecule has 8 nitrogen and oxygen atoms in total. The Morgan fingerprint density at radius 3 is 2.32 bits per heavy atom. The highest BCUT2D eigenvalue weighted by atomic mass is 32.2. The minimum absolute atomic E-state index is 0.115. The van der Waals surface area contributed by atoms with E-state index in [1.807, 2.05) is 6.07 Å². The predicted octanol–water partition coefficient (Wildman–Crippen LogP) is 1.23. The van der Waals surface area contributed by atoms with Gasteiger partial charge < -0.3 is 15.4 Å². The summed E-state index contributed by atoms with van der Waals surface area (Å²) in [5.74, 6) is 1.48. The van der Waals surface area contributed by atoms with Gasteiger partial charge in [0, 0.05) is 32.9 Å². The van der Waals surface area contributed by atoms with Crippen LogP contribution in [-0.2, 0) is 21.2 Å². The van der Waals surface area contributed by atoms with Crippen LogP contribution in [0.4, 0.5) is 11.6 Å². The topological polar surface area (TPSA) is 119 Å². The fourth-order valence-electron chi connectivity index (χ4n) is 2.16. The van der Waals surface area contributed by atoms with Crippen molar-refractivity contribution in [3.63, 3.8) is 0 Å². The van der Waals surface area contributed by atoms with E-state index in [0.717, 1.165) is 36.6 Å². The maximum absolute atomic E-state index is 11.2. The molecule has 1 aromatic heterocycles. The highest BCUT2D eigenvalue weighted by Gasteiger charge is 2.06. The van der Waals surface area contributed by atoms with E-state index in [-0.39, 0.29) is 4.90 Å². The van der Waals surface area contributed by atoms with E-state index in [0.29, 0.717) is 13.2 Å².